The van der Waals surface area contributed by atoms with Crippen molar-refractivity contribution in [2.75, 3.05) is 19.5 Å². The zero-order valence-electron chi connectivity index (χ0n) is 18.2. The third-order valence-electron chi connectivity index (χ3n) is 5.04. The van der Waals surface area contributed by atoms with Crippen molar-refractivity contribution in [1.82, 2.24) is 14.8 Å². The van der Waals surface area contributed by atoms with Crippen molar-refractivity contribution in [1.29, 1.82) is 0 Å². The van der Waals surface area contributed by atoms with Gasteiger partial charge in [0.05, 0.1) is 14.2 Å². The first-order valence-corrected chi connectivity index (χ1v) is 10.2. The largest absolute Gasteiger partial charge is 0.497 e. The molecule has 3 aromatic carbocycles. The van der Waals surface area contributed by atoms with Crippen molar-refractivity contribution in [3.63, 3.8) is 0 Å². The zero-order valence-corrected chi connectivity index (χ0v) is 18.2. The highest BCUT2D eigenvalue weighted by Gasteiger charge is 2.19. The van der Waals surface area contributed by atoms with Crippen LogP contribution < -0.4 is 14.8 Å². The van der Waals surface area contributed by atoms with Gasteiger partial charge in [0.1, 0.15) is 11.5 Å². The molecule has 0 atom stereocenters. The summed E-state index contributed by atoms with van der Waals surface area (Å²) in [6, 6.07) is 22.5. The maximum absolute atomic E-state index is 13.3. The van der Waals surface area contributed by atoms with Crippen LogP contribution in [-0.2, 0) is 6.54 Å². The molecule has 0 radical (unpaired) electrons. The number of carbonyl (C=O) groups is 1. The summed E-state index contributed by atoms with van der Waals surface area (Å²) >= 11 is 0. The fourth-order valence-corrected chi connectivity index (χ4v) is 3.20. The Morgan fingerprint density at radius 2 is 1.66 bits per heavy atom. The molecule has 0 amide bonds. The molecule has 7 nitrogen and oxygen atoms in total. The van der Waals surface area contributed by atoms with E-state index in [4.69, 9.17) is 9.47 Å². The number of nitrogens with one attached hydrogen (secondary N) is 1. The second-order valence-electron chi connectivity index (χ2n) is 7.28. The lowest BCUT2D eigenvalue weighted by molar-refractivity contribution is 0.0947. The Bertz CT molecular complexity index is 1210. The van der Waals surface area contributed by atoms with E-state index in [-0.39, 0.29) is 5.91 Å². The minimum Gasteiger partial charge on any atom is -0.497 e. The van der Waals surface area contributed by atoms with Crippen molar-refractivity contribution in [3.05, 3.63) is 89.5 Å². The molecule has 4 aromatic rings. The molecule has 1 heterocycles. The summed E-state index contributed by atoms with van der Waals surface area (Å²) in [5.41, 5.74) is 3.45. The van der Waals surface area contributed by atoms with Crippen LogP contribution in [0.2, 0.25) is 0 Å². The highest BCUT2D eigenvalue weighted by Crippen LogP contribution is 2.21. The monoisotopic (exact) mass is 428 g/mol. The summed E-state index contributed by atoms with van der Waals surface area (Å²) in [4.78, 5) is 17.9. The van der Waals surface area contributed by atoms with E-state index in [1.807, 2.05) is 55.5 Å². The van der Waals surface area contributed by atoms with E-state index in [0.717, 1.165) is 22.4 Å². The molecule has 0 aliphatic carbocycles. The van der Waals surface area contributed by atoms with Crippen LogP contribution in [0.5, 0.6) is 11.5 Å². The number of anilines is 1. The van der Waals surface area contributed by atoms with Crippen molar-refractivity contribution < 1.29 is 14.3 Å². The molecule has 0 fully saturated rings. The Kier molecular flexibility index (Phi) is 6.17. The molecule has 1 aromatic heterocycles. The van der Waals surface area contributed by atoms with Crippen LogP contribution in [0.3, 0.4) is 0 Å². The highest BCUT2D eigenvalue weighted by molar-refractivity contribution is 5.97. The number of rotatable bonds is 7. The van der Waals surface area contributed by atoms with E-state index in [1.165, 1.54) is 4.68 Å². The Labute approximate surface area is 186 Å². The minimum atomic E-state index is -0.299. The first-order chi connectivity index (χ1) is 15.6. The Morgan fingerprint density at radius 3 is 2.34 bits per heavy atom. The zero-order chi connectivity index (χ0) is 22.5. The van der Waals surface area contributed by atoms with Gasteiger partial charge in [-0.3, -0.25) is 4.79 Å². The molecular formula is C25H24N4O3. The van der Waals surface area contributed by atoms with Crippen LogP contribution in [-0.4, -0.2) is 34.9 Å². The number of aromatic nitrogens is 3. The second-order valence-corrected chi connectivity index (χ2v) is 7.28. The number of nitrogens with zero attached hydrogens (tertiary/aromatic N) is 3. The van der Waals surface area contributed by atoms with Crippen molar-refractivity contribution in [2.24, 2.45) is 0 Å². The van der Waals surface area contributed by atoms with Crippen LogP contribution in [0.4, 0.5) is 5.95 Å². The number of methoxy groups -OCH3 is 2. The molecular weight excluding hydrogens is 404 g/mol. The third-order valence-corrected chi connectivity index (χ3v) is 5.04. The van der Waals surface area contributed by atoms with Crippen molar-refractivity contribution in [2.45, 2.75) is 13.5 Å². The van der Waals surface area contributed by atoms with Crippen LogP contribution in [0.15, 0.2) is 72.8 Å². The van der Waals surface area contributed by atoms with Gasteiger partial charge in [-0.05, 0) is 42.8 Å². The van der Waals surface area contributed by atoms with E-state index < -0.39 is 0 Å². The fraction of sp³-hybridized carbons (Fsp3) is 0.160. The van der Waals surface area contributed by atoms with Gasteiger partial charge in [-0.1, -0.05) is 48.0 Å². The van der Waals surface area contributed by atoms with Crippen LogP contribution >= 0.6 is 0 Å². The second kappa shape index (κ2) is 9.34. The maximum Gasteiger partial charge on any atom is 0.281 e. The summed E-state index contributed by atoms with van der Waals surface area (Å²) in [7, 11) is 3.20. The molecule has 0 bridgehead atoms. The van der Waals surface area contributed by atoms with Crippen LogP contribution in [0.1, 0.15) is 21.5 Å². The molecule has 1 N–H and O–H groups in total. The number of hydrogen-bond donors (Lipinski definition) is 1. The molecule has 0 aliphatic rings. The van der Waals surface area contributed by atoms with Gasteiger partial charge in [0.25, 0.3) is 5.91 Å². The molecule has 0 unspecified atom stereocenters. The highest BCUT2D eigenvalue weighted by atomic mass is 16.5. The Balaban J connectivity index is 1.67. The Morgan fingerprint density at radius 1 is 0.938 bits per heavy atom. The SMILES string of the molecule is COc1ccc(CNc2nc(-c3ccc(C)cc3)nn2C(=O)c2cccc(OC)c2)cc1. The van der Waals surface area contributed by atoms with E-state index in [2.05, 4.69) is 15.4 Å². The molecule has 0 saturated carbocycles. The van der Waals surface area contributed by atoms with E-state index in [1.54, 1.807) is 38.5 Å². The smallest absolute Gasteiger partial charge is 0.281 e. The van der Waals surface area contributed by atoms with Crippen LogP contribution in [0, 0.1) is 6.92 Å². The molecule has 0 spiro atoms. The van der Waals surface area contributed by atoms with Crippen molar-refractivity contribution >= 4 is 11.9 Å². The normalized spacial score (nSPS) is 10.6. The fourth-order valence-electron chi connectivity index (χ4n) is 3.20. The van der Waals surface area contributed by atoms with Crippen molar-refractivity contribution in [3.8, 4) is 22.9 Å². The van der Waals surface area contributed by atoms with Gasteiger partial charge in [0, 0.05) is 17.7 Å². The lowest BCUT2D eigenvalue weighted by Gasteiger charge is -2.08. The summed E-state index contributed by atoms with van der Waals surface area (Å²) in [6.45, 7) is 2.49. The van der Waals surface area contributed by atoms with Gasteiger partial charge in [-0.2, -0.15) is 9.67 Å². The number of carbonyl (C=O) groups excluding carboxylic acids is 1. The first kappa shape index (κ1) is 21.1. The number of benzene rings is 3. The molecule has 162 valence electrons. The summed E-state index contributed by atoms with van der Waals surface area (Å²) < 4.78 is 11.8. The lowest BCUT2D eigenvalue weighted by atomic mass is 10.1. The quantitative estimate of drug-likeness (QED) is 0.465. The summed E-state index contributed by atoms with van der Waals surface area (Å²) in [5.74, 6) is 1.92. The topological polar surface area (TPSA) is 78.3 Å². The molecule has 0 aliphatic heterocycles. The predicted molar refractivity (Wildman–Crippen MR) is 123 cm³/mol. The molecule has 32 heavy (non-hydrogen) atoms. The standard InChI is InChI=1S/C25H24N4O3/c1-17-7-11-19(12-8-17)23-27-25(26-16-18-9-13-21(31-2)14-10-18)29(28-23)24(30)20-5-4-6-22(15-20)32-3/h4-15H,16H2,1-3H3,(H,26,27,28). The van der Waals surface area contributed by atoms with E-state index in [9.17, 15) is 4.79 Å². The number of hydrogen-bond acceptors (Lipinski definition) is 6. The molecule has 4 rings (SSSR count). The average molecular weight is 428 g/mol. The van der Waals surface area contributed by atoms with E-state index in [0.29, 0.717) is 29.6 Å². The first-order valence-electron chi connectivity index (χ1n) is 10.2. The molecule has 7 heteroatoms. The lowest BCUT2D eigenvalue weighted by Crippen LogP contribution is -2.17. The Hall–Kier alpha value is -4.13. The van der Waals surface area contributed by atoms with Gasteiger partial charge in [-0.15, -0.1) is 5.10 Å². The van der Waals surface area contributed by atoms with Gasteiger partial charge < -0.3 is 14.8 Å². The number of aryl methyl sites for hydroxylation is 1. The predicted octanol–water partition coefficient (Wildman–Crippen LogP) is 4.57. The number of ether oxygens (including phenoxy) is 2. The molecule has 0 saturated heterocycles. The summed E-state index contributed by atoms with van der Waals surface area (Å²) in [6.07, 6.45) is 0. The van der Waals surface area contributed by atoms with Crippen LogP contribution in [0.25, 0.3) is 11.4 Å². The van der Waals surface area contributed by atoms with Gasteiger partial charge >= 0.3 is 0 Å². The van der Waals surface area contributed by atoms with Gasteiger partial charge in [-0.25, -0.2) is 0 Å². The minimum absolute atomic E-state index is 0.299. The van der Waals surface area contributed by atoms with E-state index >= 15 is 0 Å². The maximum atomic E-state index is 13.3. The third kappa shape index (κ3) is 4.62. The van der Waals surface area contributed by atoms with Gasteiger partial charge in [0.2, 0.25) is 5.95 Å². The van der Waals surface area contributed by atoms with Gasteiger partial charge in [0.15, 0.2) is 5.82 Å². The summed E-state index contributed by atoms with van der Waals surface area (Å²) in [5, 5.41) is 7.76. The average Bonchev–Trinajstić information content (AvgIpc) is 3.27.